The molecular weight excluding hydrogens is 248 g/mol. The first-order valence-electron chi connectivity index (χ1n) is 5.56. The van der Waals surface area contributed by atoms with Gasteiger partial charge < -0.3 is 4.74 Å². The molecule has 4 heteroatoms. The van der Waals surface area contributed by atoms with Crippen LogP contribution in [-0.4, -0.2) is 17.3 Å². The van der Waals surface area contributed by atoms with Gasteiger partial charge in [0.2, 0.25) is 0 Å². The molecule has 1 aromatic heterocycles. The summed E-state index contributed by atoms with van der Waals surface area (Å²) in [5.41, 5.74) is 2.80. The molecule has 0 atom stereocenters. The highest BCUT2D eigenvalue weighted by molar-refractivity contribution is 6.35. The third-order valence-corrected chi connectivity index (χ3v) is 3.23. The van der Waals surface area contributed by atoms with Crippen molar-refractivity contribution in [3.05, 3.63) is 47.5 Å². The molecule has 0 aliphatic rings. The molecule has 0 saturated carbocycles. The fraction of sp³-hybridized carbons (Fsp3) is 0.0714. The monoisotopic (exact) mass is 258 g/mol. The van der Waals surface area contributed by atoms with Crippen molar-refractivity contribution in [1.82, 2.24) is 10.2 Å². The summed E-state index contributed by atoms with van der Waals surface area (Å²) >= 11 is 6.11. The van der Waals surface area contributed by atoms with E-state index < -0.39 is 0 Å². The summed E-state index contributed by atoms with van der Waals surface area (Å²) in [6, 6.07) is 13.6. The number of H-pyrrole nitrogens is 1. The maximum atomic E-state index is 6.11. The fourth-order valence-electron chi connectivity index (χ4n) is 1.98. The lowest BCUT2D eigenvalue weighted by Crippen LogP contribution is -1.83. The summed E-state index contributed by atoms with van der Waals surface area (Å²) in [6.45, 7) is 0. The maximum Gasteiger partial charge on any atom is 0.118 e. The molecule has 0 bridgehead atoms. The van der Waals surface area contributed by atoms with Crippen molar-refractivity contribution in [1.29, 1.82) is 0 Å². The molecule has 90 valence electrons. The largest absolute Gasteiger partial charge is 0.497 e. The van der Waals surface area contributed by atoms with Crippen LogP contribution in [-0.2, 0) is 0 Å². The Morgan fingerprint density at radius 3 is 2.61 bits per heavy atom. The van der Waals surface area contributed by atoms with Crippen LogP contribution in [0.1, 0.15) is 0 Å². The molecule has 2 aromatic carbocycles. The topological polar surface area (TPSA) is 37.9 Å². The molecule has 0 saturated heterocycles. The van der Waals surface area contributed by atoms with Gasteiger partial charge in [-0.25, -0.2) is 0 Å². The van der Waals surface area contributed by atoms with Gasteiger partial charge in [0, 0.05) is 10.9 Å². The van der Waals surface area contributed by atoms with Crippen LogP contribution in [0.3, 0.4) is 0 Å². The number of para-hydroxylation sites is 1. The third kappa shape index (κ3) is 1.73. The quantitative estimate of drug-likeness (QED) is 0.757. The lowest BCUT2D eigenvalue weighted by atomic mass is 10.1. The van der Waals surface area contributed by atoms with Gasteiger partial charge in [0.1, 0.15) is 5.75 Å². The number of halogens is 1. The number of aromatic nitrogens is 2. The summed E-state index contributed by atoms with van der Waals surface area (Å²) in [4.78, 5) is 0. The molecule has 0 radical (unpaired) electrons. The second kappa shape index (κ2) is 4.35. The number of ether oxygens (including phenoxy) is 1. The van der Waals surface area contributed by atoms with Gasteiger partial charge >= 0.3 is 0 Å². The number of methoxy groups -OCH3 is 1. The van der Waals surface area contributed by atoms with Gasteiger partial charge in [-0.15, -0.1) is 0 Å². The lowest BCUT2D eigenvalue weighted by molar-refractivity contribution is 0.415. The number of nitrogens with zero attached hydrogens (tertiary/aromatic N) is 1. The molecule has 1 heterocycles. The van der Waals surface area contributed by atoms with E-state index in [0.717, 1.165) is 27.9 Å². The van der Waals surface area contributed by atoms with Gasteiger partial charge in [-0.2, -0.15) is 5.10 Å². The highest BCUT2D eigenvalue weighted by Gasteiger charge is 2.09. The minimum Gasteiger partial charge on any atom is -0.497 e. The van der Waals surface area contributed by atoms with E-state index in [-0.39, 0.29) is 0 Å². The number of aromatic amines is 1. The summed E-state index contributed by atoms with van der Waals surface area (Å²) in [6.07, 6.45) is 0. The molecule has 0 aliphatic carbocycles. The molecule has 3 rings (SSSR count). The Balaban J connectivity index is 2.16. The molecule has 0 unspecified atom stereocenters. The van der Waals surface area contributed by atoms with Gasteiger partial charge in [0.15, 0.2) is 0 Å². The summed E-state index contributed by atoms with van der Waals surface area (Å²) < 4.78 is 5.14. The Morgan fingerprint density at radius 1 is 1.11 bits per heavy atom. The number of benzene rings is 2. The predicted octanol–water partition coefficient (Wildman–Crippen LogP) is 3.89. The summed E-state index contributed by atoms with van der Waals surface area (Å²) in [7, 11) is 1.65. The predicted molar refractivity (Wildman–Crippen MR) is 73.1 cm³/mol. The van der Waals surface area contributed by atoms with Crippen molar-refractivity contribution in [3.63, 3.8) is 0 Å². The lowest BCUT2D eigenvalue weighted by Gasteiger charge is -2.01. The van der Waals surface area contributed by atoms with Crippen LogP contribution in [0.2, 0.25) is 5.02 Å². The molecule has 3 nitrogen and oxygen atoms in total. The van der Waals surface area contributed by atoms with Gasteiger partial charge in [0.05, 0.1) is 23.3 Å². The average molecular weight is 259 g/mol. The van der Waals surface area contributed by atoms with E-state index in [1.165, 1.54) is 0 Å². The molecule has 1 N–H and O–H groups in total. The van der Waals surface area contributed by atoms with Crippen molar-refractivity contribution >= 4 is 22.5 Å². The maximum absolute atomic E-state index is 6.11. The Kier molecular flexibility index (Phi) is 2.68. The van der Waals surface area contributed by atoms with E-state index in [9.17, 15) is 0 Å². The van der Waals surface area contributed by atoms with Gasteiger partial charge in [0.25, 0.3) is 0 Å². The average Bonchev–Trinajstić information content (AvgIpc) is 2.84. The molecule has 0 amide bonds. The first-order chi connectivity index (χ1) is 8.79. The molecule has 18 heavy (non-hydrogen) atoms. The highest BCUT2D eigenvalue weighted by Crippen LogP contribution is 2.30. The SMILES string of the molecule is COc1ccc(-c2n[nH]c3c(Cl)cccc23)cc1. The second-order valence-electron chi connectivity index (χ2n) is 3.96. The minimum atomic E-state index is 0.680. The standard InChI is InChI=1S/C14H11ClN2O/c1-18-10-7-5-9(6-8-10)13-11-3-2-4-12(15)14(11)17-16-13/h2-8H,1H3,(H,16,17). The Labute approximate surface area is 109 Å². The van der Waals surface area contributed by atoms with Crippen molar-refractivity contribution in [2.45, 2.75) is 0 Å². The van der Waals surface area contributed by atoms with E-state index >= 15 is 0 Å². The fourth-order valence-corrected chi connectivity index (χ4v) is 2.19. The zero-order valence-corrected chi connectivity index (χ0v) is 10.5. The smallest absolute Gasteiger partial charge is 0.118 e. The van der Waals surface area contributed by atoms with Gasteiger partial charge in [-0.05, 0) is 30.3 Å². The highest BCUT2D eigenvalue weighted by atomic mass is 35.5. The molecule has 0 spiro atoms. The van der Waals surface area contributed by atoms with Crippen molar-refractivity contribution in [2.24, 2.45) is 0 Å². The minimum absolute atomic E-state index is 0.680. The zero-order valence-electron chi connectivity index (χ0n) is 9.77. The Morgan fingerprint density at radius 2 is 1.89 bits per heavy atom. The van der Waals surface area contributed by atoms with E-state index in [1.54, 1.807) is 7.11 Å². The van der Waals surface area contributed by atoms with E-state index in [1.807, 2.05) is 42.5 Å². The first-order valence-corrected chi connectivity index (χ1v) is 5.94. The van der Waals surface area contributed by atoms with Crippen molar-refractivity contribution in [3.8, 4) is 17.0 Å². The van der Waals surface area contributed by atoms with Gasteiger partial charge in [-0.3, -0.25) is 5.10 Å². The number of hydrogen-bond donors (Lipinski definition) is 1. The van der Waals surface area contributed by atoms with Crippen molar-refractivity contribution in [2.75, 3.05) is 7.11 Å². The van der Waals surface area contributed by atoms with Crippen LogP contribution < -0.4 is 4.74 Å². The van der Waals surface area contributed by atoms with Crippen LogP contribution >= 0.6 is 11.6 Å². The van der Waals surface area contributed by atoms with Gasteiger partial charge in [-0.1, -0.05) is 23.7 Å². The molecule has 3 aromatic rings. The number of nitrogens with one attached hydrogen (secondary N) is 1. The third-order valence-electron chi connectivity index (χ3n) is 2.91. The number of hydrogen-bond acceptors (Lipinski definition) is 2. The summed E-state index contributed by atoms with van der Waals surface area (Å²) in [5, 5.41) is 9.00. The Hall–Kier alpha value is -2.00. The first kappa shape index (κ1) is 11.1. The van der Waals surface area contributed by atoms with Crippen LogP contribution in [0.4, 0.5) is 0 Å². The molecular formula is C14H11ClN2O. The van der Waals surface area contributed by atoms with Crippen LogP contribution in [0.5, 0.6) is 5.75 Å². The van der Waals surface area contributed by atoms with Crippen LogP contribution in [0.15, 0.2) is 42.5 Å². The molecule has 0 aliphatic heterocycles. The Bertz CT molecular complexity index is 689. The number of rotatable bonds is 2. The van der Waals surface area contributed by atoms with Crippen LogP contribution in [0.25, 0.3) is 22.2 Å². The number of fused-ring (bicyclic) bond motifs is 1. The van der Waals surface area contributed by atoms with E-state index in [2.05, 4.69) is 10.2 Å². The van der Waals surface area contributed by atoms with Crippen molar-refractivity contribution < 1.29 is 4.74 Å². The van der Waals surface area contributed by atoms with E-state index in [4.69, 9.17) is 16.3 Å². The molecule has 0 fully saturated rings. The zero-order chi connectivity index (χ0) is 12.5. The van der Waals surface area contributed by atoms with E-state index in [0.29, 0.717) is 5.02 Å². The second-order valence-corrected chi connectivity index (χ2v) is 4.37. The van der Waals surface area contributed by atoms with Crippen LogP contribution in [0, 0.1) is 0 Å². The summed E-state index contributed by atoms with van der Waals surface area (Å²) in [5.74, 6) is 0.830. The normalized spacial score (nSPS) is 10.8.